The summed E-state index contributed by atoms with van der Waals surface area (Å²) >= 11 is 0. The van der Waals surface area contributed by atoms with Gasteiger partial charge in [0.1, 0.15) is 0 Å². The van der Waals surface area contributed by atoms with Crippen LogP contribution >= 0.6 is 0 Å². The highest BCUT2D eigenvalue weighted by Gasteiger charge is 2.28. The molecule has 3 rings (SSSR count). The number of rotatable bonds is 3. The van der Waals surface area contributed by atoms with Crippen molar-refractivity contribution < 1.29 is 4.79 Å². The van der Waals surface area contributed by atoms with Crippen molar-refractivity contribution in [2.75, 3.05) is 17.3 Å². The zero-order valence-corrected chi connectivity index (χ0v) is 16.9. The number of aliphatic imine (C=N–C) groups is 1. The lowest BCUT2D eigenvalue weighted by Gasteiger charge is -2.41. The first-order chi connectivity index (χ1) is 12.7. The number of hydrogen-bond donors (Lipinski definition) is 1. The number of hydrogen-bond acceptors (Lipinski definition) is 3. The fourth-order valence-corrected chi connectivity index (χ4v) is 3.43. The molecule has 0 unspecified atom stereocenters. The average Bonchev–Trinajstić information content (AvgIpc) is 2.59. The summed E-state index contributed by atoms with van der Waals surface area (Å²) in [5.41, 5.74) is 7.76. The third-order valence-corrected chi connectivity index (χ3v) is 5.15. The van der Waals surface area contributed by atoms with Crippen molar-refractivity contribution >= 4 is 34.8 Å². The molecular weight excluding hydrogens is 334 g/mol. The maximum atomic E-state index is 11.1. The SMILES string of the molecule is CC(=O)Nc1ccc(N=Cc2cc3c(cc2C)N(C)C(C)(C)C=C3C)cc1. The minimum atomic E-state index is -0.0764. The van der Waals surface area contributed by atoms with Gasteiger partial charge in [0.05, 0.1) is 11.2 Å². The molecule has 1 aliphatic heterocycles. The molecule has 2 aromatic rings. The predicted molar refractivity (Wildman–Crippen MR) is 115 cm³/mol. The topological polar surface area (TPSA) is 44.7 Å². The summed E-state index contributed by atoms with van der Waals surface area (Å²) in [5.74, 6) is -0.0764. The molecule has 0 spiro atoms. The Morgan fingerprint density at radius 3 is 2.44 bits per heavy atom. The van der Waals surface area contributed by atoms with Crippen LogP contribution in [-0.4, -0.2) is 24.7 Å². The molecule has 2 aromatic carbocycles. The Hall–Kier alpha value is -2.88. The van der Waals surface area contributed by atoms with Gasteiger partial charge in [-0.2, -0.15) is 0 Å². The number of amides is 1. The van der Waals surface area contributed by atoms with E-state index in [4.69, 9.17) is 0 Å². The maximum Gasteiger partial charge on any atom is 0.221 e. The average molecular weight is 361 g/mol. The summed E-state index contributed by atoms with van der Waals surface area (Å²) < 4.78 is 0. The number of fused-ring (bicyclic) bond motifs is 1. The largest absolute Gasteiger partial charge is 0.365 e. The highest BCUT2D eigenvalue weighted by atomic mass is 16.1. The summed E-state index contributed by atoms with van der Waals surface area (Å²) in [6.45, 7) is 10.3. The Morgan fingerprint density at radius 2 is 1.81 bits per heavy atom. The molecule has 1 aliphatic rings. The molecule has 0 radical (unpaired) electrons. The Bertz CT molecular complexity index is 937. The molecule has 1 heterocycles. The van der Waals surface area contributed by atoms with Crippen molar-refractivity contribution in [2.24, 2.45) is 4.99 Å². The smallest absolute Gasteiger partial charge is 0.221 e. The molecule has 27 heavy (non-hydrogen) atoms. The summed E-state index contributed by atoms with van der Waals surface area (Å²) in [7, 11) is 2.14. The van der Waals surface area contributed by atoms with Gasteiger partial charge in [-0.3, -0.25) is 9.79 Å². The highest BCUT2D eigenvalue weighted by Crippen LogP contribution is 2.39. The molecule has 4 heteroatoms. The molecule has 140 valence electrons. The van der Waals surface area contributed by atoms with Crippen LogP contribution in [-0.2, 0) is 4.79 Å². The van der Waals surface area contributed by atoms with Gasteiger partial charge < -0.3 is 10.2 Å². The van der Waals surface area contributed by atoms with Crippen LogP contribution in [0.1, 0.15) is 44.4 Å². The lowest BCUT2D eigenvalue weighted by Crippen LogP contribution is -2.42. The molecule has 1 amide bonds. The van der Waals surface area contributed by atoms with Crippen molar-refractivity contribution in [3.05, 3.63) is 59.2 Å². The molecule has 0 aliphatic carbocycles. The van der Waals surface area contributed by atoms with E-state index in [-0.39, 0.29) is 11.4 Å². The molecule has 4 nitrogen and oxygen atoms in total. The second-order valence-electron chi connectivity index (χ2n) is 7.75. The van der Waals surface area contributed by atoms with Crippen LogP contribution in [0.4, 0.5) is 17.1 Å². The van der Waals surface area contributed by atoms with Crippen molar-refractivity contribution in [1.29, 1.82) is 0 Å². The number of allylic oxidation sites excluding steroid dienone is 1. The number of nitrogens with zero attached hydrogens (tertiary/aromatic N) is 2. The Kier molecular flexibility index (Phi) is 4.92. The van der Waals surface area contributed by atoms with Gasteiger partial charge in [-0.05, 0) is 80.8 Å². The van der Waals surface area contributed by atoms with Gasteiger partial charge in [0.25, 0.3) is 0 Å². The van der Waals surface area contributed by atoms with Crippen molar-refractivity contribution in [3.63, 3.8) is 0 Å². The monoisotopic (exact) mass is 361 g/mol. The molecule has 0 bridgehead atoms. The molecule has 0 aromatic heterocycles. The van der Waals surface area contributed by atoms with E-state index in [1.54, 1.807) is 0 Å². The molecule has 0 saturated heterocycles. The maximum absolute atomic E-state index is 11.1. The summed E-state index contributed by atoms with van der Waals surface area (Å²) in [6, 6.07) is 12.0. The zero-order valence-electron chi connectivity index (χ0n) is 16.9. The van der Waals surface area contributed by atoms with Gasteiger partial charge in [-0.1, -0.05) is 6.08 Å². The molecule has 0 fully saturated rings. The number of carbonyl (C=O) groups is 1. The standard InChI is InChI=1S/C23H27N3O/c1-15-11-22-21(16(2)13-23(4,5)26(22)6)12-18(15)14-24-19-7-9-20(10-8-19)25-17(3)27/h7-14H,1-6H3,(H,25,27). The molecule has 0 saturated carbocycles. The number of likely N-dealkylation sites (N-methyl/N-ethyl adjacent to an activating group) is 1. The number of carbonyl (C=O) groups excluding carboxylic acids is 1. The van der Waals surface area contributed by atoms with Gasteiger partial charge in [0.15, 0.2) is 0 Å². The summed E-state index contributed by atoms with van der Waals surface area (Å²) in [4.78, 5) is 18.0. The predicted octanol–water partition coefficient (Wildman–Crippen LogP) is 5.34. The normalized spacial score (nSPS) is 15.5. The lowest BCUT2D eigenvalue weighted by molar-refractivity contribution is -0.114. The Balaban J connectivity index is 1.89. The van der Waals surface area contributed by atoms with Crippen molar-refractivity contribution in [3.8, 4) is 0 Å². The van der Waals surface area contributed by atoms with Crippen LogP contribution in [0.2, 0.25) is 0 Å². The van der Waals surface area contributed by atoms with Gasteiger partial charge in [-0.15, -0.1) is 0 Å². The van der Waals surface area contributed by atoms with E-state index >= 15 is 0 Å². The number of benzene rings is 2. The minimum Gasteiger partial charge on any atom is -0.365 e. The third kappa shape index (κ3) is 3.95. The van der Waals surface area contributed by atoms with Crippen LogP contribution < -0.4 is 10.2 Å². The van der Waals surface area contributed by atoms with E-state index < -0.39 is 0 Å². The van der Waals surface area contributed by atoms with Gasteiger partial charge in [0, 0.05) is 37.1 Å². The highest BCUT2D eigenvalue weighted by molar-refractivity contribution is 5.91. The van der Waals surface area contributed by atoms with Crippen molar-refractivity contribution in [1.82, 2.24) is 0 Å². The second-order valence-corrected chi connectivity index (χ2v) is 7.75. The van der Waals surface area contributed by atoms with E-state index in [1.165, 1.54) is 29.3 Å². The number of anilines is 2. The lowest BCUT2D eigenvalue weighted by atomic mass is 9.87. The van der Waals surface area contributed by atoms with Crippen LogP contribution in [0.3, 0.4) is 0 Å². The summed E-state index contributed by atoms with van der Waals surface area (Å²) in [6.07, 6.45) is 4.22. The fourth-order valence-electron chi connectivity index (χ4n) is 3.43. The van der Waals surface area contributed by atoms with Gasteiger partial charge in [-0.25, -0.2) is 0 Å². The number of nitrogens with one attached hydrogen (secondary N) is 1. The fraction of sp³-hybridized carbons (Fsp3) is 0.304. The van der Waals surface area contributed by atoms with E-state index in [9.17, 15) is 4.79 Å². The molecule has 0 atom stereocenters. The first kappa shape index (κ1) is 18.9. The zero-order chi connectivity index (χ0) is 19.8. The molecule has 1 N–H and O–H groups in total. The minimum absolute atomic E-state index is 0.00871. The quantitative estimate of drug-likeness (QED) is 0.750. The van der Waals surface area contributed by atoms with Crippen molar-refractivity contribution in [2.45, 2.75) is 40.2 Å². The van der Waals surface area contributed by atoms with Gasteiger partial charge >= 0.3 is 0 Å². The first-order valence-electron chi connectivity index (χ1n) is 9.17. The summed E-state index contributed by atoms with van der Waals surface area (Å²) in [5, 5.41) is 2.76. The third-order valence-electron chi connectivity index (χ3n) is 5.15. The van der Waals surface area contributed by atoms with E-state index in [0.717, 1.165) is 16.9 Å². The van der Waals surface area contributed by atoms with Crippen LogP contribution in [0, 0.1) is 6.92 Å². The van der Waals surface area contributed by atoms with E-state index in [2.05, 4.69) is 68.2 Å². The Morgan fingerprint density at radius 1 is 1.15 bits per heavy atom. The van der Waals surface area contributed by atoms with Gasteiger partial charge in [0.2, 0.25) is 5.91 Å². The van der Waals surface area contributed by atoms with E-state index in [0.29, 0.717) is 0 Å². The van der Waals surface area contributed by atoms with Crippen LogP contribution in [0.15, 0.2) is 47.5 Å². The van der Waals surface area contributed by atoms with Crippen LogP contribution in [0.25, 0.3) is 5.57 Å². The first-order valence-corrected chi connectivity index (χ1v) is 9.17. The number of aryl methyl sites for hydroxylation is 1. The van der Waals surface area contributed by atoms with Crippen LogP contribution in [0.5, 0.6) is 0 Å². The van der Waals surface area contributed by atoms with E-state index in [1.807, 2.05) is 30.5 Å². The Labute approximate surface area is 161 Å². The second kappa shape index (κ2) is 7.03. The molecular formula is C23H27N3O.